The molecule has 3 nitrogen and oxygen atoms in total. The Labute approximate surface area is 293 Å². The van der Waals surface area contributed by atoms with Crippen LogP contribution in [0.25, 0.3) is 72.1 Å². The van der Waals surface area contributed by atoms with Gasteiger partial charge in [-0.15, -0.1) is 0 Å². The molecule has 238 valence electrons. The first kappa shape index (κ1) is 30.0. The van der Waals surface area contributed by atoms with Crippen molar-refractivity contribution in [3.8, 4) is 67.3 Å². The molecule has 2 aliphatic carbocycles. The van der Waals surface area contributed by atoms with E-state index in [-0.39, 0.29) is 5.41 Å². The van der Waals surface area contributed by atoms with Gasteiger partial charge in [0.05, 0.1) is 18.0 Å². The highest BCUT2D eigenvalue weighted by atomic mass is 14.9. The van der Waals surface area contributed by atoms with Gasteiger partial charge in [0.2, 0.25) is 0 Å². The van der Waals surface area contributed by atoms with E-state index in [1.54, 1.807) is 0 Å². The second kappa shape index (κ2) is 12.4. The Kier molecular flexibility index (Phi) is 7.44. The summed E-state index contributed by atoms with van der Waals surface area (Å²) in [6.45, 7) is 7.66. The van der Waals surface area contributed by atoms with Crippen molar-refractivity contribution in [3.63, 3.8) is 0 Å². The molecule has 2 aliphatic rings. The quantitative estimate of drug-likeness (QED) is 0.175. The molecule has 50 heavy (non-hydrogen) atoms. The number of hydrogen-bond donors (Lipinski definition) is 0. The van der Waals surface area contributed by atoms with E-state index in [1.807, 2.05) is 42.5 Å². The molecule has 0 unspecified atom stereocenters. The number of nitrogens with zero attached hydrogens (tertiary/aromatic N) is 3. The molecule has 0 aliphatic heterocycles. The molecule has 6 aromatic carbocycles. The summed E-state index contributed by atoms with van der Waals surface area (Å²) in [4.78, 5) is 13.8. The summed E-state index contributed by atoms with van der Waals surface area (Å²) in [6, 6.07) is 53.6. The third-order valence-corrected chi connectivity index (χ3v) is 10.7. The minimum Gasteiger partial charge on any atom is -0.238 e. The van der Waals surface area contributed by atoms with Gasteiger partial charge in [-0.1, -0.05) is 153 Å². The minimum atomic E-state index is 0.00874. The van der Waals surface area contributed by atoms with E-state index in [0.717, 1.165) is 52.4 Å². The average Bonchev–Trinajstić information content (AvgIpc) is 3.45. The number of rotatable bonds is 5. The van der Waals surface area contributed by atoms with Crippen molar-refractivity contribution in [2.45, 2.75) is 37.5 Å². The van der Waals surface area contributed by atoms with Gasteiger partial charge in [0, 0.05) is 22.1 Å². The minimum absolute atomic E-state index is 0.00874. The molecule has 3 heteroatoms. The normalized spacial score (nSPS) is 14.1. The van der Waals surface area contributed by atoms with Crippen LogP contribution in [0.1, 0.15) is 43.2 Å². The lowest BCUT2D eigenvalue weighted by atomic mass is 9.67. The van der Waals surface area contributed by atoms with Crippen LogP contribution in [0.2, 0.25) is 0 Å². The van der Waals surface area contributed by atoms with Crippen LogP contribution in [0.3, 0.4) is 0 Å². The molecule has 1 saturated carbocycles. The van der Waals surface area contributed by atoms with Gasteiger partial charge in [-0.2, -0.15) is 0 Å². The maximum atomic E-state index is 7.66. The number of fused-ring (bicyclic) bond motifs is 5. The van der Waals surface area contributed by atoms with Crippen LogP contribution in [0.15, 0.2) is 152 Å². The van der Waals surface area contributed by atoms with Crippen LogP contribution in [0, 0.1) is 6.57 Å². The van der Waals surface area contributed by atoms with Gasteiger partial charge in [-0.05, 0) is 75.5 Å². The molecule has 7 aromatic rings. The molecule has 1 aromatic heterocycles. The van der Waals surface area contributed by atoms with E-state index in [1.165, 1.54) is 63.8 Å². The molecule has 1 heterocycles. The lowest BCUT2D eigenvalue weighted by molar-refractivity contribution is 0.353. The van der Waals surface area contributed by atoms with Crippen molar-refractivity contribution < 1.29 is 0 Å². The first-order valence-electron chi connectivity index (χ1n) is 17.6. The molecule has 0 N–H and O–H groups in total. The Morgan fingerprint density at radius 3 is 1.64 bits per heavy atom. The maximum absolute atomic E-state index is 7.66. The lowest BCUT2D eigenvalue weighted by Gasteiger charge is -2.36. The summed E-state index contributed by atoms with van der Waals surface area (Å²) in [5.74, 6) is 0.720. The first-order chi connectivity index (χ1) is 24.7. The zero-order valence-corrected chi connectivity index (χ0v) is 27.8. The fourth-order valence-electron chi connectivity index (χ4n) is 8.21. The molecule has 0 bridgehead atoms. The first-order valence-corrected chi connectivity index (χ1v) is 17.6. The van der Waals surface area contributed by atoms with E-state index in [2.05, 4.69) is 114 Å². The van der Waals surface area contributed by atoms with Crippen molar-refractivity contribution in [2.24, 2.45) is 0 Å². The number of benzene rings is 6. The molecule has 0 radical (unpaired) electrons. The zero-order valence-electron chi connectivity index (χ0n) is 27.8. The van der Waals surface area contributed by atoms with Gasteiger partial charge in [0.1, 0.15) is 0 Å². The highest BCUT2D eigenvalue weighted by molar-refractivity contribution is 5.86. The van der Waals surface area contributed by atoms with Gasteiger partial charge in [-0.25, -0.2) is 14.8 Å². The third-order valence-electron chi connectivity index (χ3n) is 10.7. The van der Waals surface area contributed by atoms with Crippen LogP contribution in [0.4, 0.5) is 5.69 Å². The topological polar surface area (TPSA) is 30.1 Å². The Morgan fingerprint density at radius 2 is 0.960 bits per heavy atom. The van der Waals surface area contributed by atoms with E-state index in [4.69, 9.17) is 16.5 Å². The number of aromatic nitrogens is 2. The molecule has 9 rings (SSSR count). The van der Waals surface area contributed by atoms with E-state index in [0.29, 0.717) is 0 Å². The Balaban J connectivity index is 1.06. The lowest BCUT2D eigenvalue weighted by Crippen LogP contribution is -2.28. The molecule has 0 atom stereocenters. The third kappa shape index (κ3) is 5.21. The van der Waals surface area contributed by atoms with Gasteiger partial charge in [0.25, 0.3) is 0 Å². The molecule has 0 saturated heterocycles. The molecular formula is C47H35N3. The highest BCUT2D eigenvalue weighted by Gasteiger charge is 2.43. The van der Waals surface area contributed by atoms with Crippen molar-refractivity contribution in [1.29, 1.82) is 0 Å². The summed E-state index contributed by atoms with van der Waals surface area (Å²) in [6.07, 6.45) is 6.04. The van der Waals surface area contributed by atoms with Gasteiger partial charge < -0.3 is 0 Å². The summed E-state index contributed by atoms with van der Waals surface area (Å²) in [7, 11) is 0. The van der Waals surface area contributed by atoms with Crippen LogP contribution in [-0.4, -0.2) is 9.97 Å². The van der Waals surface area contributed by atoms with E-state index < -0.39 is 0 Å². The zero-order chi connectivity index (χ0) is 33.5. The van der Waals surface area contributed by atoms with Crippen LogP contribution in [-0.2, 0) is 5.41 Å². The number of hydrogen-bond acceptors (Lipinski definition) is 2. The van der Waals surface area contributed by atoms with Crippen molar-refractivity contribution in [3.05, 3.63) is 174 Å². The summed E-state index contributed by atoms with van der Waals surface area (Å²) in [5, 5.41) is 0. The molecule has 1 fully saturated rings. The van der Waals surface area contributed by atoms with Crippen LogP contribution >= 0.6 is 0 Å². The summed E-state index contributed by atoms with van der Waals surface area (Å²) in [5.41, 5.74) is 15.9. The Bertz CT molecular complexity index is 2340. The van der Waals surface area contributed by atoms with Gasteiger partial charge in [-0.3, -0.25) is 0 Å². The second-order valence-electron chi connectivity index (χ2n) is 13.6. The largest absolute Gasteiger partial charge is 0.238 e. The summed E-state index contributed by atoms with van der Waals surface area (Å²) < 4.78 is 0. The fraction of sp³-hybridized carbons (Fsp3) is 0.128. The second-order valence-corrected chi connectivity index (χ2v) is 13.6. The smallest absolute Gasteiger partial charge is 0.187 e. The maximum Gasteiger partial charge on any atom is 0.187 e. The molecule has 1 spiro atoms. The van der Waals surface area contributed by atoms with Crippen molar-refractivity contribution in [1.82, 2.24) is 9.97 Å². The van der Waals surface area contributed by atoms with Crippen molar-refractivity contribution >= 4 is 5.69 Å². The van der Waals surface area contributed by atoms with Gasteiger partial charge >= 0.3 is 0 Å². The van der Waals surface area contributed by atoms with Crippen molar-refractivity contribution in [2.75, 3.05) is 0 Å². The highest BCUT2D eigenvalue weighted by Crippen LogP contribution is 2.57. The van der Waals surface area contributed by atoms with E-state index in [9.17, 15) is 0 Å². The predicted octanol–water partition coefficient (Wildman–Crippen LogP) is 12.6. The Hall–Kier alpha value is -6.11. The standard InChI is InChI=1S/C47H35N3/c1-48-39-23-25-41-40-24-22-38(29-42(40)47(43(41)30-39)26-9-4-10-27-47)37-17-11-16-36(28-37)32-18-20-34(21-19-32)45-31-44(33-12-5-2-6-13-33)49-46(50-45)35-14-7-3-8-15-35/h2-3,5-8,11-25,28-31H,4,9-10,26-27H2. The molecular weight excluding hydrogens is 607 g/mol. The van der Waals surface area contributed by atoms with Crippen LogP contribution in [0.5, 0.6) is 0 Å². The monoisotopic (exact) mass is 641 g/mol. The predicted molar refractivity (Wildman–Crippen MR) is 205 cm³/mol. The summed E-state index contributed by atoms with van der Waals surface area (Å²) >= 11 is 0. The van der Waals surface area contributed by atoms with E-state index >= 15 is 0 Å². The van der Waals surface area contributed by atoms with Crippen LogP contribution < -0.4 is 0 Å². The SMILES string of the molecule is [C-]#[N+]c1ccc2c(c1)C1(CCCCC1)c1cc(-c3cccc(-c4ccc(-c5cc(-c6ccccc6)nc(-c6ccccc6)n5)cc4)c3)ccc1-2. The average molecular weight is 642 g/mol. The Morgan fingerprint density at radius 1 is 0.440 bits per heavy atom. The fourth-order valence-corrected chi connectivity index (χ4v) is 8.21. The van der Waals surface area contributed by atoms with Gasteiger partial charge in [0.15, 0.2) is 11.5 Å². The molecule has 0 amide bonds.